The van der Waals surface area contributed by atoms with Gasteiger partial charge in [-0.2, -0.15) is 5.26 Å². The molecule has 0 aliphatic heterocycles. The maximum Gasteiger partial charge on any atom is 0.0998 e. The minimum atomic E-state index is 0.0305. The second-order valence-corrected chi connectivity index (χ2v) is 3.62. The van der Waals surface area contributed by atoms with Gasteiger partial charge in [0.15, 0.2) is 0 Å². The van der Waals surface area contributed by atoms with Crippen molar-refractivity contribution >= 4 is 21.4 Å². The number of hydrogen-bond donors (Lipinski definition) is 1. The van der Waals surface area contributed by atoms with Gasteiger partial charge in [0.25, 0.3) is 0 Å². The number of hydrogen-bond acceptors (Lipinski definition) is 3. The molecule has 2 nitrogen and oxygen atoms in total. The summed E-state index contributed by atoms with van der Waals surface area (Å²) >= 11 is 1.56. The molecule has 0 fully saturated rings. The first-order chi connectivity index (χ1) is 6.36. The van der Waals surface area contributed by atoms with Crippen LogP contribution >= 0.6 is 11.3 Å². The fourth-order valence-corrected chi connectivity index (χ4v) is 2.27. The number of nitriles is 1. The molecule has 1 aromatic heterocycles. The molecule has 1 heterocycles. The lowest BCUT2D eigenvalue weighted by molar-refractivity contribution is 0.283. The fourth-order valence-electron chi connectivity index (χ4n) is 1.34. The third-order valence-electron chi connectivity index (χ3n) is 1.99. The lowest BCUT2D eigenvalue weighted by atomic mass is 10.1. The van der Waals surface area contributed by atoms with Crippen LogP contribution in [-0.2, 0) is 6.61 Å². The van der Waals surface area contributed by atoms with Gasteiger partial charge >= 0.3 is 0 Å². The second kappa shape index (κ2) is 3.17. The topological polar surface area (TPSA) is 44.0 Å². The third-order valence-corrected chi connectivity index (χ3v) is 2.98. The highest BCUT2D eigenvalue weighted by molar-refractivity contribution is 7.17. The van der Waals surface area contributed by atoms with Gasteiger partial charge in [-0.1, -0.05) is 6.07 Å². The van der Waals surface area contributed by atoms with Crippen LogP contribution in [0.2, 0.25) is 0 Å². The molecule has 0 radical (unpaired) electrons. The maximum atomic E-state index is 9.04. The second-order valence-electron chi connectivity index (χ2n) is 2.71. The molecule has 0 saturated carbocycles. The van der Waals surface area contributed by atoms with Crippen LogP contribution in [0.5, 0.6) is 0 Å². The quantitative estimate of drug-likeness (QED) is 0.747. The van der Waals surface area contributed by atoms with Crippen LogP contribution in [0.3, 0.4) is 0 Å². The number of benzene rings is 1. The first-order valence-corrected chi connectivity index (χ1v) is 4.75. The van der Waals surface area contributed by atoms with Crippen molar-refractivity contribution in [3.63, 3.8) is 0 Å². The molecule has 1 aromatic carbocycles. The predicted molar refractivity (Wildman–Crippen MR) is 52.5 cm³/mol. The summed E-state index contributed by atoms with van der Waals surface area (Å²) < 4.78 is 1.02. The standard InChI is InChI=1S/C10H7NOS/c11-5-7-1-2-8(6-12)10-9(7)3-4-13-10/h1-4,12H,6H2. The molecule has 0 saturated heterocycles. The number of thiophene rings is 1. The van der Waals surface area contributed by atoms with Crippen molar-refractivity contribution in [3.8, 4) is 6.07 Å². The minimum Gasteiger partial charge on any atom is -0.392 e. The van der Waals surface area contributed by atoms with Crippen molar-refractivity contribution in [1.29, 1.82) is 5.26 Å². The largest absolute Gasteiger partial charge is 0.392 e. The summed E-state index contributed by atoms with van der Waals surface area (Å²) in [5.74, 6) is 0. The molecule has 0 bridgehead atoms. The van der Waals surface area contributed by atoms with Gasteiger partial charge in [-0.3, -0.25) is 0 Å². The van der Waals surface area contributed by atoms with Gasteiger partial charge in [0.2, 0.25) is 0 Å². The lowest BCUT2D eigenvalue weighted by Crippen LogP contribution is -1.84. The van der Waals surface area contributed by atoms with Crippen molar-refractivity contribution in [1.82, 2.24) is 0 Å². The molecule has 13 heavy (non-hydrogen) atoms. The fraction of sp³-hybridized carbons (Fsp3) is 0.100. The molecule has 0 amide bonds. The highest BCUT2D eigenvalue weighted by Gasteiger charge is 2.05. The highest BCUT2D eigenvalue weighted by Crippen LogP contribution is 2.27. The van der Waals surface area contributed by atoms with Gasteiger partial charge in [-0.15, -0.1) is 11.3 Å². The lowest BCUT2D eigenvalue weighted by Gasteiger charge is -1.99. The van der Waals surface area contributed by atoms with Crippen molar-refractivity contribution < 1.29 is 5.11 Å². The maximum absolute atomic E-state index is 9.04. The number of aliphatic hydroxyl groups excluding tert-OH is 1. The molecule has 0 aliphatic rings. The van der Waals surface area contributed by atoms with Crippen molar-refractivity contribution in [2.75, 3.05) is 0 Å². The third kappa shape index (κ3) is 1.21. The number of nitrogens with zero attached hydrogens (tertiary/aromatic N) is 1. The molecule has 64 valence electrons. The van der Waals surface area contributed by atoms with Gasteiger partial charge < -0.3 is 5.11 Å². The van der Waals surface area contributed by atoms with E-state index in [0.717, 1.165) is 15.6 Å². The molecule has 0 atom stereocenters. The Kier molecular flexibility index (Phi) is 2.01. The van der Waals surface area contributed by atoms with Crippen LogP contribution in [0.1, 0.15) is 11.1 Å². The van der Waals surface area contributed by atoms with E-state index in [4.69, 9.17) is 10.4 Å². The van der Waals surface area contributed by atoms with E-state index in [1.54, 1.807) is 23.5 Å². The SMILES string of the molecule is N#Cc1ccc(CO)c2sccc12. The normalized spacial score (nSPS) is 10.2. The Bertz CT molecular complexity index is 481. The first-order valence-electron chi connectivity index (χ1n) is 3.87. The van der Waals surface area contributed by atoms with Crippen molar-refractivity contribution in [2.45, 2.75) is 6.61 Å². The zero-order valence-electron chi connectivity index (χ0n) is 6.82. The summed E-state index contributed by atoms with van der Waals surface area (Å²) in [4.78, 5) is 0. The zero-order chi connectivity index (χ0) is 9.26. The summed E-state index contributed by atoms with van der Waals surface area (Å²) in [6.07, 6.45) is 0. The van der Waals surface area contributed by atoms with Gasteiger partial charge in [-0.25, -0.2) is 0 Å². The van der Waals surface area contributed by atoms with Gasteiger partial charge in [0.1, 0.15) is 0 Å². The van der Waals surface area contributed by atoms with Gasteiger partial charge in [0, 0.05) is 10.1 Å². The number of fused-ring (bicyclic) bond motifs is 1. The van der Waals surface area contributed by atoms with Gasteiger partial charge in [0.05, 0.1) is 18.2 Å². The molecular weight excluding hydrogens is 182 g/mol. The molecular formula is C10H7NOS. The van der Waals surface area contributed by atoms with E-state index in [1.807, 2.05) is 11.4 Å². The molecule has 1 N–H and O–H groups in total. The van der Waals surface area contributed by atoms with Crippen LogP contribution in [0, 0.1) is 11.3 Å². The van der Waals surface area contributed by atoms with E-state index in [2.05, 4.69) is 6.07 Å². The van der Waals surface area contributed by atoms with Crippen molar-refractivity contribution in [2.24, 2.45) is 0 Å². The summed E-state index contributed by atoms with van der Waals surface area (Å²) in [5, 5.41) is 20.7. The van der Waals surface area contributed by atoms with Crippen LogP contribution in [0.25, 0.3) is 10.1 Å². The zero-order valence-corrected chi connectivity index (χ0v) is 7.64. The van der Waals surface area contributed by atoms with Crippen molar-refractivity contribution in [3.05, 3.63) is 34.7 Å². The van der Waals surface area contributed by atoms with E-state index < -0.39 is 0 Å². The van der Waals surface area contributed by atoms with Crippen LogP contribution < -0.4 is 0 Å². The number of aliphatic hydroxyl groups is 1. The molecule has 0 spiro atoms. The Hall–Kier alpha value is -1.37. The smallest absolute Gasteiger partial charge is 0.0998 e. The minimum absolute atomic E-state index is 0.0305. The number of rotatable bonds is 1. The Labute approximate surface area is 79.7 Å². The molecule has 2 aromatic rings. The summed E-state index contributed by atoms with van der Waals surface area (Å²) in [6, 6.07) is 7.60. The average molecular weight is 189 g/mol. The molecule has 3 heteroatoms. The van der Waals surface area contributed by atoms with E-state index in [-0.39, 0.29) is 6.61 Å². The molecule has 0 unspecified atom stereocenters. The highest BCUT2D eigenvalue weighted by atomic mass is 32.1. The Morgan fingerprint density at radius 1 is 1.38 bits per heavy atom. The molecule has 0 aliphatic carbocycles. The van der Waals surface area contributed by atoms with E-state index in [0.29, 0.717) is 5.56 Å². The van der Waals surface area contributed by atoms with Crippen LogP contribution in [0.4, 0.5) is 0 Å². The summed E-state index contributed by atoms with van der Waals surface area (Å²) in [6.45, 7) is 0.0305. The summed E-state index contributed by atoms with van der Waals surface area (Å²) in [7, 11) is 0. The van der Waals surface area contributed by atoms with E-state index in [1.165, 1.54) is 0 Å². The van der Waals surface area contributed by atoms with E-state index >= 15 is 0 Å². The Morgan fingerprint density at radius 3 is 2.92 bits per heavy atom. The average Bonchev–Trinajstić information content (AvgIpc) is 2.64. The van der Waals surface area contributed by atoms with Gasteiger partial charge in [-0.05, 0) is 23.1 Å². The van der Waals surface area contributed by atoms with E-state index in [9.17, 15) is 0 Å². The molecule has 2 rings (SSSR count). The summed E-state index contributed by atoms with van der Waals surface area (Å²) in [5.41, 5.74) is 1.57. The van der Waals surface area contributed by atoms with Crippen LogP contribution in [-0.4, -0.2) is 5.11 Å². The first kappa shape index (κ1) is 8.24. The van der Waals surface area contributed by atoms with Crippen LogP contribution in [0.15, 0.2) is 23.6 Å². The Morgan fingerprint density at radius 2 is 2.23 bits per heavy atom. The monoisotopic (exact) mass is 189 g/mol. The Balaban J connectivity index is 2.83. The predicted octanol–water partition coefficient (Wildman–Crippen LogP) is 2.27.